The van der Waals surface area contributed by atoms with Crippen molar-refractivity contribution >= 4 is 17.5 Å². The average molecular weight is 254 g/mol. The van der Waals surface area contributed by atoms with Crippen LogP contribution in [0.2, 0.25) is 5.02 Å². The third-order valence-electron chi connectivity index (χ3n) is 3.16. The lowest BCUT2D eigenvalue weighted by Gasteiger charge is -2.31. The first-order valence-corrected chi connectivity index (χ1v) is 6.24. The fourth-order valence-corrected chi connectivity index (χ4v) is 2.30. The summed E-state index contributed by atoms with van der Waals surface area (Å²) in [6.07, 6.45) is 1.96. The first kappa shape index (κ1) is 12.4. The molecule has 4 heteroatoms. The van der Waals surface area contributed by atoms with Crippen LogP contribution < -0.4 is 0 Å². The minimum atomic E-state index is 0.0276. The van der Waals surface area contributed by atoms with E-state index in [2.05, 4.69) is 0 Å². The summed E-state index contributed by atoms with van der Waals surface area (Å²) in [6, 6.07) is 6.94. The second kappa shape index (κ2) is 5.52. The van der Waals surface area contributed by atoms with E-state index in [4.69, 9.17) is 16.7 Å². The van der Waals surface area contributed by atoms with E-state index >= 15 is 0 Å². The molecule has 0 unspecified atom stereocenters. The van der Waals surface area contributed by atoms with Crippen molar-refractivity contribution in [3.05, 3.63) is 34.9 Å². The first-order valence-electron chi connectivity index (χ1n) is 5.86. The van der Waals surface area contributed by atoms with Gasteiger partial charge >= 0.3 is 0 Å². The molecule has 1 heterocycles. The summed E-state index contributed by atoms with van der Waals surface area (Å²) in [5, 5.41) is 9.77. The van der Waals surface area contributed by atoms with Crippen molar-refractivity contribution in [1.29, 1.82) is 0 Å². The molecule has 1 saturated heterocycles. The van der Waals surface area contributed by atoms with Crippen molar-refractivity contribution in [2.24, 2.45) is 5.92 Å². The third kappa shape index (κ3) is 2.99. The molecule has 0 aromatic heterocycles. The number of halogens is 1. The highest BCUT2D eigenvalue weighted by Gasteiger charge is 2.23. The summed E-state index contributed by atoms with van der Waals surface area (Å²) < 4.78 is 0. The van der Waals surface area contributed by atoms with E-state index in [0.29, 0.717) is 17.1 Å². The normalized spacial score (nSPS) is 20.4. The van der Waals surface area contributed by atoms with Gasteiger partial charge in [0.15, 0.2) is 0 Å². The van der Waals surface area contributed by atoms with E-state index in [1.54, 1.807) is 24.3 Å². The quantitative estimate of drug-likeness (QED) is 0.878. The van der Waals surface area contributed by atoms with Crippen LogP contribution in [-0.2, 0) is 0 Å². The van der Waals surface area contributed by atoms with Crippen LogP contribution >= 0.6 is 11.6 Å². The van der Waals surface area contributed by atoms with E-state index in [1.165, 1.54) is 0 Å². The zero-order valence-corrected chi connectivity index (χ0v) is 10.4. The molecule has 1 N–H and O–H groups in total. The highest BCUT2D eigenvalue weighted by molar-refractivity contribution is 6.30. The van der Waals surface area contributed by atoms with Gasteiger partial charge in [0.1, 0.15) is 0 Å². The molecular weight excluding hydrogens is 238 g/mol. The van der Waals surface area contributed by atoms with E-state index in [0.717, 1.165) is 19.4 Å². The van der Waals surface area contributed by atoms with Gasteiger partial charge in [-0.15, -0.1) is 0 Å². The number of aliphatic hydroxyl groups is 1. The molecule has 1 aliphatic heterocycles. The molecule has 1 aromatic rings. The number of amides is 1. The van der Waals surface area contributed by atoms with E-state index < -0.39 is 0 Å². The van der Waals surface area contributed by atoms with Crippen LogP contribution in [-0.4, -0.2) is 35.6 Å². The molecule has 0 saturated carbocycles. The summed E-state index contributed by atoms with van der Waals surface area (Å²) in [5.41, 5.74) is 0.660. The first-order chi connectivity index (χ1) is 8.20. The van der Waals surface area contributed by atoms with Gasteiger partial charge in [0.05, 0.1) is 0 Å². The van der Waals surface area contributed by atoms with Gasteiger partial charge in [-0.1, -0.05) is 11.6 Å². The number of rotatable bonds is 2. The van der Waals surface area contributed by atoms with Crippen LogP contribution in [0.1, 0.15) is 23.2 Å². The molecule has 1 amide bonds. The maximum Gasteiger partial charge on any atom is 0.253 e. The minimum absolute atomic E-state index is 0.0276. The largest absolute Gasteiger partial charge is 0.396 e. The van der Waals surface area contributed by atoms with Crippen molar-refractivity contribution in [1.82, 2.24) is 4.90 Å². The van der Waals surface area contributed by atoms with Gasteiger partial charge in [0, 0.05) is 30.3 Å². The van der Waals surface area contributed by atoms with Crippen molar-refractivity contribution in [3.63, 3.8) is 0 Å². The Labute approximate surface area is 106 Å². The van der Waals surface area contributed by atoms with Crippen LogP contribution in [0.15, 0.2) is 24.3 Å². The van der Waals surface area contributed by atoms with Crippen LogP contribution in [0.4, 0.5) is 0 Å². The maximum atomic E-state index is 12.2. The minimum Gasteiger partial charge on any atom is -0.396 e. The second-order valence-electron chi connectivity index (χ2n) is 4.45. The zero-order chi connectivity index (χ0) is 12.3. The number of aliphatic hydroxyl groups excluding tert-OH is 1. The lowest BCUT2D eigenvalue weighted by Crippen LogP contribution is -2.40. The molecule has 1 fully saturated rings. The molecule has 0 radical (unpaired) electrons. The van der Waals surface area contributed by atoms with Crippen molar-refractivity contribution in [2.45, 2.75) is 12.8 Å². The Kier molecular flexibility index (Phi) is 4.02. The Bertz CT molecular complexity index is 391. The standard InChI is InChI=1S/C13H16ClNO2/c14-12-5-3-11(4-6-12)13(17)15-7-1-2-10(8-15)9-16/h3-6,10,16H,1-2,7-9H2/t10-/m1/s1. The lowest BCUT2D eigenvalue weighted by atomic mass is 9.98. The average Bonchev–Trinajstić information content (AvgIpc) is 2.39. The molecule has 17 heavy (non-hydrogen) atoms. The Morgan fingerprint density at radius 3 is 2.76 bits per heavy atom. The van der Waals surface area contributed by atoms with Gasteiger partial charge in [-0.25, -0.2) is 0 Å². The van der Waals surface area contributed by atoms with Crippen molar-refractivity contribution < 1.29 is 9.90 Å². The molecule has 3 nitrogen and oxygen atoms in total. The van der Waals surface area contributed by atoms with Gasteiger partial charge in [-0.3, -0.25) is 4.79 Å². The molecule has 1 aliphatic rings. The summed E-state index contributed by atoms with van der Waals surface area (Å²) in [6.45, 7) is 1.58. The third-order valence-corrected chi connectivity index (χ3v) is 3.41. The number of hydrogen-bond acceptors (Lipinski definition) is 2. The van der Waals surface area contributed by atoms with E-state index in [-0.39, 0.29) is 18.4 Å². The Morgan fingerprint density at radius 2 is 2.12 bits per heavy atom. The van der Waals surface area contributed by atoms with Gasteiger partial charge in [-0.05, 0) is 43.0 Å². The van der Waals surface area contributed by atoms with Gasteiger partial charge in [-0.2, -0.15) is 0 Å². The summed E-state index contributed by atoms with van der Waals surface area (Å²) >= 11 is 5.79. The fraction of sp³-hybridized carbons (Fsp3) is 0.462. The SMILES string of the molecule is O=C(c1ccc(Cl)cc1)N1CCC[C@@H](CO)C1. The molecule has 1 aromatic carbocycles. The highest BCUT2D eigenvalue weighted by atomic mass is 35.5. The molecular formula is C13H16ClNO2. The van der Waals surface area contributed by atoms with Gasteiger partial charge in [0.2, 0.25) is 0 Å². The van der Waals surface area contributed by atoms with Crippen LogP contribution in [0.5, 0.6) is 0 Å². The number of nitrogens with zero attached hydrogens (tertiary/aromatic N) is 1. The second-order valence-corrected chi connectivity index (χ2v) is 4.89. The maximum absolute atomic E-state index is 12.2. The lowest BCUT2D eigenvalue weighted by molar-refractivity contribution is 0.0621. The molecule has 0 aliphatic carbocycles. The summed E-state index contributed by atoms with van der Waals surface area (Å²) in [7, 11) is 0. The Balaban J connectivity index is 2.06. The zero-order valence-electron chi connectivity index (χ0n) is 9.60. The van der Waals surface area contributed by atoms with Crippen LogP contribution in [0.3, 0.4) is 0 Å². The van der Waals surface area contributed by atoms with Gasteiger partial charge in [0.25, 0.3) is 5.91 Å². The summed E-state index contributed by atoms with van der Waals surface area (Å²) in [5.74, 6) is 0.250. The fourth-order valence-electron chi connectivity index (χ4n) is 2.17. The molecule has 92 valence electrons. The van der Waals surface area contributed by atoms with E-state index in [9.17, 15) is 4.79 Å². The number of carbonyl (C=O) groups is 1. The molecule has 1 atom stereocenters. The van der Waals surface area contributed by atoms with Gasteiger partial charge < -0.3 is 10.0 Å². The number of piperidine rings is 1. The van der Waals surface area contributed by atoms with Crippen molar-refractivity contribution in [2.75, 3.05) is 19.7 Å². The number of benzene rings is 1. The predicted octanol–water partition coefficient (Wildman–Crippen LogP) is 2.18. The smallest absolute Gasteiger partial charge is 0.253 e. The number of carbonyl (C=O) groups excluding carboxylic acids is 1. The number of likely N-dealkylation sites (tertiary alicyclic amines) is 1. The van der Waals surface area contributed by atoms with Crippen molar-refractivity contribution in [3.8, 4) is 0 Å². The Hall–Kier alpha value is -1.06. The monoisotopic (exact) mass is 253 g/mol. The topological polar surface area (TPSA) is 40.5 Å². The van der Waals surface area contributed by atoms with Crippen LogP contribution in [0.25, 0.3) is 0 Å². The predicted molar refractivity (Wildman–Crippen MR) is 67.2 cm³/mol. The Morgan fingerprint density at radius 1 is 1.41 bits per heavy atom. The number of hydrogen-bond donors (Lipinski definition) is 1. The van der Waals surface area contributed by atoms with E-state index in [1.807, 2.05) is 4.90 Å². The summed E-state index contributed by atoms with van der Waals surface area (Å²) in [4.78, 5) is 14.0. The van der Waals surface area contributed by atoms with Crippen LogP contribution in [0, 0.1) is 5.92 Å². The molecule has 2 rings (SSSR count). The molecule has 0 bridgehead atoms. The highest BCUT2D eigenvalue weighted by Crippen LogP contribution is 2.19. The molecule has 0 spiro atoms.